The molecule has 1 aromatic rings. The molecule has 2 aliphatic heterocycles. The maximum Gasteiger partial charge on any atom is 0.416 e. The number of carbonyl (C=O) groups is 2. The first kappa shape index (κ1) is 22.8. The van der Waals surface area contributed by atoms with Gasteiger partial charge >= 0.3 is 6.18 Å². The van der Waals surface area contributed by atoms with Crippen LogP contribution in [-0.2, 0) is 15.8 Å². The Hall–Kier alpha value is -1.83. The van der Waals surface area contributed by atoms with E-state index in [1.807, 2.05) is 11.8 Å². The van der Waals surface area contributed by atoms with Gasteiger partial charge in [-0.15, -0.1) is 0 Å². The van der Waals surface area contributed by atoms with E-state index in [1.165, 1.54) is 23.9 Å². The summed E-state index contributed by atoms with van der Waals surface area (Å²) >= 11 is 1.40. The number of carbonyl (C=O) groups excluding carboxylic acids is 2. The zero-order chi connectivity index (χ0) is 22.1. The third-order valence-electron chi connectivity index (χ3n) is 6.04. The van der Waals surface area contributed by atoms with Crippen LogP contribution in [0.2, 0.25) is 0 Å². The standard InChI is InChI=1S/C22H27F3N2O2S/c1-14(17-6-4-5-7-18(17)22(23,24)25)12-19-26-20(29)21(3,30-19)13-16-8-10-27(11-9-16)15(2)28/h4-7,14,16H,8-13H2,1-3H3/t14-,21?/m1/s1. The van der Waals surface area contributed by atoms with Gasteiger partial charge in [-0.25, -0.2) is 4.99 Å². The Morgan fingerprint density at radius 3 is 2.53 bits per heavy atom. The fraction of sp³-hybridized carbons (Fsp3) is 0.591. The molecular weight excluding hydrogens is 413 g/mol. The van der Waals surface area contributed by atoms with Crippen LogP contribution >= 0.6 is 11.8 Å². The Balaban J connectivity index is 1.63. The smallest absolute Gasteiger partial charge is 0.343 e. The molecule has 1 fully saturated rings. The molecule has 2 atom stereocenters. The Labute approximate surface area is 179 Å². The van der Waals surface area contributed by atoms with E-state index in [0.717, 1.165) is 18.9 Å². The lowest BCUT2D eigenvalue weighted by molar-refractivity contribution is -0.138. The minimum Gasteiger partial charge on any atom is -0.343 e. The van der Waals surface area contributed by atoms with Crippen LogP contribution in [0.5, 0.6) is 0 Å². The van der Waals surface area contributed by atoms with Crippen LogP contribution in [0.25, 0.3) is 0 Å². The molecule has 0 N–H and O–H groups in total. The lowest BCUT2D eigenvalue weighted by Crippen LogP contribution is -2.39. The van der Waals surface area contributed by atoms with Gasteiger partial charge < -0.3 is 4.90 Å². The molecule has 164 valence electrons. The zero-order valence-corrected chi connectivity index (χ0v) is 18.3. The molecule has 1 aromatic carbocycles. The molecule has 30 heavy (non-hydrogen) atoms. The molecule has 2 aliphatic rings. The summed E-state index contributed by atoms with van der Waals surface area (Å²) in [6.07, 6.45) is -1.72. The van der Waals surface area contributed by atoms with Gasteiger partial charge in [0.05, 0.1) is 10.6 Å². The van der Waals surface area contributed by atoms with Crippen molar-refractivity contribution in [1.82, 2.24) is 4.90 Å². The first-order valence-electron chi connectivity index (χ1n) is 10.2. The van der Waals surface area contributed by atoms with E-state index in [2.05, 4.69) is 4.99 Å². The average molecular weight is 441 g/mol. The molecule has 2 heterocycles. The van der Waals surface area contributed by atoms with E-state index in [0.29, 0.717) is 36.9 Å². The van der Waals surface area contributed by atoms with Crippen molar-refractivity contribution in [2.75, 3.05) is 13.1 Å². The van der Waals surface area contributed by atoms with Gasteiger partial charge in [-0.2, -0.15) is 13.2 Å². The molecule has 0 bridgehead atoms. The first-order chi connectivity index (χ1) is 14.0. The van der Waals surface area contributed by atoms with Gasteiger partial charge in [0.1, 0.15) is 4.75 Å². The highest BCUT2D eigenvalue weighted by Crippen LogP contribution is 2.44. The van der Waals surface area contributed by atoms with Gasteiger partial charge in [0.25, 0.3) is 5.91 Å². The highest BCUT2D eigenvalue weighted by molar-refractivity contribution is 8.16. The van der Waals surface area contributed by atoms with Crippen LogP contribution in [-0.4, -0.2) is 39.6 Å². The lowest BCUT2D eigenvalue weighted by atomic mass is 9.87. The van der Waals surface area contributed by atoms with Crippen molar-refractivity contribution in [3.63, 3.8) is 0 Å². The number of hydrogen-bond acceptors (Lipinski definition) is 3. The van der Waals surface area contributed by atoms with Crippen LogP contribution in [0.3, 0.4) is 0 Å². The quantitative estimate of drug-likeness (QED) is 0.626. The van der Waals surface area contributed by atoms with E-state index < -0.39 is 22.4 Å². The fourth-order valence-electron chi connectivity index (χ4n) is 4.33. The summed E-state index contributed by atoms with van der Waals surface area (Å²) in [4.78, 5) is 30.2. The Kier molecular flexibility index (Phi) is 6.65. The number of hydrogen-bond donors (Lipinski definition) is 0. The minimum absolute atomic E-state index is 0.0738. The molecule has 8 heteroatoms. The van der Waals surface area contributed by atoms with Crippen LogP contribution in [0.15, 0.2) is 29.3 Å². The van der Waals surface area contributed by atoms with Crippen LogP contribution in [0.1, 0.15) is 63.5 Å². The number of aliphatic imine (C=N–C) groups is 1. The van der Waals surface area contributed by atoms with E-state index in [9.17, 15) is 22.8 Å². The van der Waals surface area contributed by atoms with Crippen molar-refractivity contribution in [1.29, 1.82) is 0 Å². The second kappa shape index (κ2) is 8.73. The maximum atomic E-state index is 13.3. The number of amides is 2. The summed E-state index contributed by atoms with van der Waals surface area (Å²) in [5.41, 5.74) is -0.404. The average Bonchev–Trinajstić information content (AvgIpc) is 2.94. The van der Waals surface area contributed by atoms with E-state index in [-0.39, 0.29) is 17.4 Å². The second-order valence-electron chi connectivity index (χ2n) is 8.49. The number of piperidine rings is 1. The summed E-state index contributed by atoms with van der Waals surface area (Å²) in [5.74, 6) is -0.194. The summed E-state index contributed by atoms with van der Waals surface area (Å²) in [6, 6.07) is 5.59. The predicted molar refractivity (Wildman–Crippen MR) is 113 cm³/mol. The van der Waals surface area contributed by atoms with Crippen molar-refractivity contribution < 1.29 is 22.8 Å². The van der Waals surface area contributed by atoms with Gasteiger partial charge in [-0.1, -0.05) is 36.9 Å². The molecule has 4 nitrogen and oxygen atoms in total. The molecule has 1 unspecified atom stereocenters. The van der Waals surface area contributed by atoms with Crippen LogP contribution in [0, 0.1) is 5.92 Å². The van der Waals surface area contributed by atoms with Crippen molar-refractivity contribution in [3.05, 3.63) is 35.4 Å². The molecule has 0 spiro atoms. The fourth-order valence-corrected chi connectivity index (χ4v) is 5.77. The lowest BCUT2D eigenvalue weighted by Gasteiger charge is -2.34. The van der Waals surface area contributed by atoms with Crippen molar-refractivity contribution in [3.8, 4) is 0 Å². The highest BCUT2D eigenvalue weighted by Gasteiger charge is 2.43. The monoisotopic (exact) mass is 440 g/mol. The van der Waals surface area contributed by atoms with Gasteiger partial charge in [0, 0.05) is 26.4 Å². The number of benzene rings is 1. The summed E-state index contributed by atoms with van der Waals surface area (Å²) in [6.45, 7) is 6.59. The molecular formula is C22H27F3N2O2S. The van der Waals surface area contributed by atoms with Gasteiger partial charge in [0.15, 0.2) is 0 Å². The van der Waals surface area contributed by atoms with E-state index in [4.69, 9.17) is 0 Å². The number of halogens is 3. The van der Waals surface area contributed by atoms with E-state index >= 15 is 0 Å². The topological polar surface area (TPSA) is 49.7 Å². The third kappa shape index (κ3) is 5.07. The molecule has 0 radical (unpaired) electrons. The molecule has 3 rings (SSSR count). The van der Waals surface area contributed by atoms with Crippen LogP contribution in [0.4, 0.5) is 13.2 Å². The molecule has 1 saturated heterocycles. The van der Waals surface area contributed by atoms with Gasteiger partial charge in [-0.05, 0) is 49.7 Å². The Morgan fingerprint density at radius 2 is 1.93 bits per heavy atom. The minimum atomic E-state index is -4.41. The van der Waals surface area contributed by atoms with Crippen molar-refractivity contribution in [2.45, 2.75) is 63.3 Å². The van der Waals surface area contributed by atoms with Crippen LogP contribution < -0.4 is 0 Å². The SMILES string of the molecule is CC(=O)N1CCC(CC2(C)SC(C[C@@H](C)c3ccccc3C(F)(F)F)=NC2=O)CC1. The number of alkyl halides is 3. The molecule has 2 amide bonds. The third-order valence-corrected chi connectivity index (χ3v) is 7.32. The number of nitrogens with zero attached hydrogens (tertiary/aromatic N) is 2. The largest absolute Gasteiger partial charge is 0.416 e. The zero-order valence-electron chi connectivity index (χ0n) is 17.5. The number of rotatable bonds is 5. The highest BCUT2D eigenvalue weighted by atomic mass is 32.2. The predicted octanol–water partition coefficient (Wildman–Crippen LogP) is 5.28. The molecule has 0 aliphatic carbocycles. The maximum absolute atomic E-state index is 13.3. The van der Waals surface area contributed by atoms with Gasteiger partial charge in [-0.3, -0.25) is 9.59 Å². The molecule has 0 aromatic heterocycles. The summed E-state index contributed by atoms with van der Waals surface area (Å²) < 4.78 is 39.3. The van der Waals surface area contributed by atoms with Gasteiger partial charge in [0.2, 0.25) is 5.91 Å². The second-order valence-corrected chi connectivity index (χ2v) is 10.1. The number of likely N-dealkylation sites (tertiary alicyclic amines) is 1. The number of thioether (sulfide) groups is 1. The normalized spacial score (nSPS) is 24.1. The summed E-state index contributed by atoms with van der Waals surface area (Å²) in [5, 5.41) is 0.605. The Morgan fingerprint density at radius 1 is 1.30 bits per heavy atom. The summed E-state index contributed by atoms with van der Waals surface area (Å²) in [7, 11) is 0. The van der Waals surface area contributed by atoms with Crippen molar-refractivity contribution in [2.24, 2.45) is 10.9 Å². The van der Waals surface area contributed by atoms with Crippen molar-refractivity contribution >= 4 is 28.6 Å². The Bertz CT molecular complexity index is 847. The van der Waals surface area contributed by atoms with E-state index in [1.54, 1.807) is 19.9 Å². The molecule has 0 saturated carbocycles. The first-order valence-corrected chi connectivity index (χ1v) is 11.0.